The molecule has 2 N–H and O–H groups in total. The van der Waals surface area contributed by atoms with Crippen LogP contribution in [0.15, 0.2) is 58.8 Å². The van der Waals surface area contributed by atoms with Crippen LogP contribution in [0.1, 0.15) is 19.4 Å². The van der Waals surface area contributed by atoms with Crippen molar-refractivity contribution in [2.45, 2.75) is 24.1 Å². The summed E-state index contributed by atoms with van der Waals surface area (Å²) in [7, 11) is 0. The maximum atomic E-state index is 12.0. The molecule has 1 atom stereocenters. The lowest BCUT2D eigenvalue weighted by molar-refractivity contribution is -0.120. The summed E-state index contributed by atoms with van der Waals surface area (Å²) in [5.74, 6) is -0.0840. The zero-order chi connectivity index (χ0) is 15.9. The Kier molecular flexibility index (Phi) is 5.55. The van der Waals surface area contributed by atoms with Gasteiger partial charge in [0.05, 0.1) is 16.0 Å². The summed E-state index contributed by atoms with van der Waals surface area (Å²) in [5, 5.41) is 14.2. The molecule has 6 heteroatoms. The number of aromatic nitrogens is 1. The molecule has 22 heavy (non-hydrogen) atoms. The molecular weight excluding hydrogens is 298 g/mol. The third-order valence-electron chi connectivity index (χ3n) is 2.93. The third kappa shape index (κ3) is 4.33. The van der Waals surface area contributed by atoms with Crippen LogP contribution in [0.5, 0.6) is 5.75 Å². The number of thioether (sulfide) groups is 1. The second-order valence-corrected chi connectivity index (χ2v) is 5.98. The lowest BCUT2D eigenvalue weighted by Gasteiger charge is -2.09. The zero-order valence-corrected chi connectivity index (χ0v) is 13.2. The van der Waals surface area contributed by atoms with Gasteiger partial charge >= 0.3 is 0 Å². The van der Waals surface area contributed by atoms with Gasteiger partial charge in [-0.25, -0.2) is 10.4 Å². The number of phenols is 1. The number of hydrazone groups is 1. The first-order chi connectivity index (χ1) is 10.6. The molecule has 1 amide bonds. The van der Waals surface area contributed by atoms with Gasteiger partial charge in [0.2, 0.25) is 0 Å². The molecule has 0 bridgehead atoms. The van der Waals surface area contributed by atoms with Gasteiger partial charge < -0.3 is 5.11 Å². The highest BCUT2D eigenvalue weighted by Gasteiger charge is 2.14. The van der Waals surface area contributed by atoms with Crippen molar-refractivity contribution in [2.75, 3.05) is 0 Å². The number of nitrogens with zero attached hydrogens (tertiary/aromatic N) is 2. The van der Waals surface area contributed by atoms with E-state index in [-0.39, 0.29) is 16.9 Å². The van der Waals surface area contributed by atoms with Crippen molar-refractivity contribution in [3.05, 3.63) is 54.2 Å². The first-order valence-electron chi connectivity index (χ1n) is 6.78. The number of carbonyl (C=O) groups excluding carboxylic acids is 1. The molecule has 0 fully saturated rings. The fourth-order valence-electron chi connectivity index (χ4n) is 1.72. The molecule has 0 aliphatic heterocycles. The van der Waals surface area contributed by atoms with Gasteiger partial charge in [-0.15, -0.1) is 0 Å². The number of para-hydroxylation sites is 1. The van der Waals surface area contributed by atoms with Crippen LogP contribution in [0, 0.1) is 0 Å². The van der Waals surface area contributed by atoms with E-state index in [0.29, 0.717) is 11.3 Å². The number of phenolic OH excluding ortho intramolecular Hbond substituents is 1. The topological polar surface area (TPSA) is 74.6 Å². The van der Waals surface area contributed by atoms with E-state index < -0.39 is 0 Å². The number of carbonyl (C=O) groups is 1. The molecule has 1 unspecified atom stereocenters. The summed E-state index contributed by atoms with van der Waals surface area (Å²) in [6, 6.07) is 12.4. The Morgan fingerprint density at radius 3 is 2.68 bits per heavy atom. The molecule has 1 aromatic carbocycles. The van der Waals surface area contributed by atoms with Crippen LogP contribution in [0.25, 0.3) is 0 Å². The molecule has 0 aliphatic rings. The normalized spacial score (nSPS) is 12.7. The summed E-state index contributed by atoms with van der Waals surface area (Å²) in [4.78, 5) is 16.2. The predicted octanol–water partition coefficient (Wildman–Crippen LogP) is 2.81. The van der Waals surface area contributed by atoms with Crippen LogP contribution in [0.4, 0.5) is 0 Å². The first kappa shape index (κ1) is 16.0. The van der Waals surface area contributed by atoms with Crippen molar-refractivity contribution in [3.63, 3.8) is 0 Å². The quantitative estimate of drug-likeness (QED) is 0.505. The van der Waals surface area contributed by atoms with Crippen LogP contribution >= 0.6 is 11.8 Å². The molecule has 114 valence electrons. The smallest absolute Gasteiger partial charge is 0.253 e. The molecule has 0 spiro atoms. The van der Waals surface area contributed by atoms with Gasteiger partial charge in [0.15, 0.2) is 0 Å². The number of hydrogen-bond acceptors (Lipinski definition) is 5. The summed E-state index contributed by atoms with van der Waals surface area (Å²) in [6.07, 6.45) is 1.69. The molecule has 2 aromatic rings. The van der Waals surface area contributed by atoms with E-state index in [9.17, 15) is 9.90 Å². The minimum Gasteiger partial charge on any atom is -0.507 e. The van der Waals surface area contributed by atoms with Crippen LogP contribution in [0.3, 0.4) is 0 Å². The minimum atomic E-state index is -0.323. The van der Waals surface area contributed by atoms with E-state index in [1.54, 1.807) is 44.3 Å². The van der Waals surface area contributed by atoms with Crippen LogP contribution in [0.2, 0.25) is 0 Å². The fraction of sp³-hybridized carbons (Fsp3) is 0.188. The molecule has 0 radical (unpaired) electrons. The monoisotopic (exact) mass is 315 g/mol. The van der Waals surface area contributed by atoms with Gasteiger partial charge in [-0.3, -0.25) is 4.79 Å². The molecule has 0 saturated carbocycles. The second-order valence-electron chi connectivity index (χ2n) is 4.62. The number of benzene rings is 1. The van der Waals surface area contributed by atoms with E-state index in [4.69, 9.17) is 0 Å². The van der Waals surface area contributed by atoms with E-state index >= 15 is 0 Å². The Hall–Kier alpha value is -2.34. The number of rotatable bonds is 5. The summed E-state index contributed by atoms with van der Waals surface area (Å²) < 4.78 is 0. The van der Waals surface area contributed by atoms with Crippen molar-refractivity contribution in [3.8, 4) is 5.75 Å². The number of aromatic hydroxyl groups is 1. The minimum absolute atomic E-state index is 0.133. The van der Waals surface area contributed by atoms with E-state index in [0.717, 1.165) is 5.03 Å². The van der Waals surface area contributed by atoms with Crippen molar-refractivity contribution in [1.29, 1.82) is 0 Å². The van der Waals surface area contributed by atoms with Gasteiger partial charge in [0, 0.05) is 11.8 Å². The Morgan fingerprint density at radius 2 is 2.00 bits per heavy atom. The molecular formula is C16H17N3O2S. The molecule has 5 nitrogen and oxygen atoms in total. The summed E-state index contributed by atoms with van der Waals surface area (Å²) in [5.41, 5.74) is 3.65. The van der Waals surface area contributed by atoms with E-state index in [1.165, 1.54) is 11.8 Å². The highest BCUT2D eigenvalue weighted by molar-refractivity contribution is 8.00. The lowest BCUT2D eigenvalue weighted by Crippen LogP contribution is -2.27. The number of hydrogen-bond donors (Lipinski definition) is 2. The maximum Gasteiger partial charge on any atom is 0.253 e. The van der Waals surface area contributed by atoms with Crippen LogP contribution < -0.4 is 5.43 Å². The Bertz CT molecular complexity index is 674. The average molecular weight is 315 g/mol. The van der Waals surface area contributed by atoms with Gasteiger partial charge in [0.1, 0.15) is 5.75 Å². The van der Waals surface area contributed by atoms with Crippen molar-refractivity contribution < 1.29 is 9.90 Å². The third-order valence-corrected chi connectivity index (χ3v) is 3.98. The lowest BCUT2D eigenvalue weighted by atomic mass is 10.1. The maximum absolute atomic E-state index is 12.0. The zero-order valence-electron chi connectivity index (χ0n) is 12.4. The average Bonchev–Trinajstić information content (AvgIpc) is 2.53. The van der Waals surface area contributed by atoms with E-state index in [2.05, 4.69) is 15.5 Å². The number of pyridine rings is 1. The molecule has 1 aromatic heterocycles. The Labute approximate surface area is 133 Å². The fourth-order valence-corrected chi connectivity index (χ4v) is 2.52. The number of amides is 1. The first-order valence-corrected chi connectivity index (χ1v) is 7.66. The highest BCUT2D eigenvalue weighted by atomic mass is 32.2. The van der Waals surface area contributed by atoms with Crippen LogP contribution in [-0.2, 0) is 4.79 Å². The number of nitrogens with one attached hydrogen (secondary N) is 1. The molecule has 2 rings (SSSR count). The van der Waals surface area contributed by atoms with Crippen molar-refractivity contribution in [1.82, 2.24) is 10.4 Å². The molecule has 0 saturated heterocycles. The highest BCUT2D eigenvalue weighted by Crippen LogP contribution is 2.20. The van der Waals surface area contributed by atoms with Crippen molar-refractivity contribution >= 4 is 23.4 Å². The summed E-state index contributed by atoms with van der Waals surface area (Å²) >= 11 is 1.36. The standard InChI is InChI=1S/C16H17N3O2S/c1-11(13-7-3-4-8-14(13)20)18-19-16(21)12(2)22-15-9-5-6-10-17-15/h3-10,12,20H,1-2H3,(H,19,21)/b18-11+. The largest absolute Gasteiger partial charge is 0.507 e. The van der Waals surface area contributed by atoms with Gasteiger partial charge in [-0.2, -0.15) is 5.10 Å². The summed E-state index contributed by atoms with van der Waals surface area (Å²) in [6.45, 7) is 3.52. The van der Waals surface area contributed by atoms with Gasteiger partial charge in [0.25, 0.3) is 5.91 Å². The second kappa shape index (κ2) is 7.61. The van der Waals surface area contributed by atoms with Gasteiger partial charge in [-0.1, -0.05) is 30.0 Å². The Morgan fingerprint density at radius 1 is 1.27 bits per heavy atom. The predicted molar refractivity (Wildman–Crippen MR) is 88.0 cm³/mol. The van der Waals surface area contributed by atoms with Crippen LogP contribution in [-0.4, -0.2) is 27.0 Å². The van der Waals surface area contributed by atoms with Gasteiger partial charge in [-0.05, 0) is 38.1 Å². The Balaban J connectivity index is 1.97. The molecule has 1 heterocycles. The SMILES string of the molecule is C/C(=N\NC(=O)C(C)Sc1ccccn1)c1ccccc1O. The van der Waals surface area contributed by atoms with Crippen molar-refractivity contribution in [2.24, 2.45) is 5.10 Å². The van der Waals surface area contributed by atoms with E-state index in [1.807, 2.05) is 18.2 Å². The molecule has 0 aliphatic carbocycles.